The molecule has 1 unspecified atom stereocenters. The maximum Gasteiger partial charge on any atom is 0.326 e. The molecule has 8 nitrogen and oxygen atoms in total. The van der Waals surface area contributed by atoms with Crippen LogP contribution in [0.5, 0.6) is 11.5 Å². The Hall–Kier alpha value is -3.91. The third-order valence-electron chi connectivity index (χ3n) is 7.47. The zero-order valence-electron chi connectivity index (χ0n) is 26.4. The van der Waals surface area contributed by atoms with Gasteiger partial charge < -0.3 is 25.4 Å². The van der Waals surface area contributed by atoms with E-state index in [0.717, 1.165) is 42.7 Å². The van der Waals surface area contributed by atoms with Crippen LogP contribution in [0.4, 0.5) is 27.5 Å². The van der Waals surface area contributed by atoms with Gasteiger partial charge in [-0.1, -0.05) is 49.6 Å². The maximum absolute atomic E-state index is 13.6. The van der Waals surface area contributed by atoms with Crippen molar-refractivity contribution < 1.29 is 19.4 Å². The van der Waals surface area contributed by atoms with Gasteiger partial charge in [0.2, 0.25) is 0 Å². The minimum Gasteiger partial charge on any atom is -0.504 e. The number of phenolic OH excluding ortho intramolecular Hbond substituents is 1. The first-order valence-corrected chi connectivity index (χ1v) is 15.4. The summed E-state index contributed by atoms with van der Waals surface area (Å²) in [5, 5.41) is 16.8. The minimum atomic E-state index is -0.814. The van der Waals surface area contributed by atoms with Crippen molar-refractivity contribution in [2.45, 2.75) is 73.8 Å². The van der Waals surface area contributed by atoms with Gasteiger partial charge in [0.15, 0.2) is 11.9 Å². The Morgan fingerprint density at radius 1 is 0.953 bits per heavy atom. The summed E-state index contributed by atoms with van der Waals surface area (Å²) in [7, 11) is 0. The Morgan fingerprint density at radius 2 is 1.60 bits per heavy atom. The molecule has 3 amide bonds. The molecule has 0 bridgehead atoms. The number of benzene rings is 3. The number of rotatable bonds is 13. The number of hydrogen-bond acceptors (Lipinski definition) is 5. The first-order chi connectivity index (χ1) is 20.6. The highest BCUT2D eigenvalue weighted by atomic mass is 35.5. The van der Waals surface area contributed by atoms with Gasteiger partial charge in [-0.15, -0.1) is 0 Å². The number of unbranched alkanes of at least 4 members (excludes halogenated alkanes) is 1. The van der Waals surface area contributed by atoms with Crippen LogP contribution in [0.1, 0.15) is 63.6 Å². The molecule has 9 heteroatoms. The number of aromatic hydroxyl groups is 1. The van der Waals surface area contributed by atoms with Crippen LogP contribution in [0, 0.1) is 20.8 Å². The Morgan fingerprint density at radius 3 is 2.19 bits per heavy atom. The van der Waals surface area contributed by atoms with Crippen molar-refractivity contribution in [3.63, 3.8) is 0 Å². The van der Waals surface area contributed by atoms with Gasteiger partial charge >= 0.3 is 6.03 Å². The molecule has 3 rings (SSSR count). The number of halogens is 1. The molecule has 0 fully saturated rings. The average Bonchev–Trinajstić information content (AvgIpc) is 2.99. The second-order valence-electron chi connectivity index (χ2n) is 10.6. The van der Waals surface area contributed by atoms with E-state index in [4.69, 9.17) is 16.3 Å². The van der Waals surface area contributed by atoms with Gasteiger partial charge in [0.25, 0.3) is 5.91 Å². The van der Waals surface area contributed by atoms with E-state index in [1.165, 1.54) is 4.90 Å². The molecule has 232 valence electrons. The molecule has 0 aliphatic carbocycles. The largest absolute Gasteiger partial charge is 0.504 e. The number of amides is 3. The number of urea groups is 1. The number of nitrogens with zero attached hydrogens (tertiary/aromatic N) is 2. The molecule has 0 aromatic heterocycles. The summed E-state index contributed by atoms with van der Waals surface area (Å²) in [6.07, 6.45) is 1.35. The highest BCUT2D eigenvalue weighted by Gasteiger charge is 2.27. The zero-order valence-corrected chi connectivity index (χ0v) is 27.1. The first-order valence-electron chi connectivity index (χ1n) is 15.1. The van der Waals surface area contributed by atoms with Crippen molar-refractivity contribution in [2.75, 3.05) is 34.8 Å². The van der Waals surface area contributed by atoms with Gasteiger partial charge in [0.05, 0.1) is 22.1 Å². The molecule has 0 heterocycles. The molecule has 0 spiro atoms. The fourth-order valence-electron chi connectivity index (χ4n) is 4.89. The summed E-state index contributed by atoms with van der Waals surface area (Å²) in [4.78, 5) is 30.8. The lowest BCUT2D eigenvalue weighted by Gasteiger charge is -2.28. The van der Waals surface area contributed by atoms with Gasteiger partial charge in [-0.2, -0.15) is 0 Å². The van der Waals surface area contributed by atoms with Crippen molar-refractivity contribution in [3.8, 4) is 11.5 Å². The molecule has 3 aromatic carbocycles. The normalized spacial score (nSPS) is 11.5. The lowest BCUT2D eigenvalue weighted by Crippen LogP contribution is -2.38. The van der Waals surface area contributed by atoms with E-state index in [2.05, 4.69) is 36.3 Å². The molecule has 1 atom stereocenters. The monoisotopic (exact) mass is 608 g/mol. The highest BCUT2D eigenvalue weighted by molar-refractivity contribution is 6.34. The number of aryl methyl sites for hydroxylation is 2. The van der Waals surface area contributed by atoms with Crippen LogP contribution < -0.4 is 25.2 Å². The predicted molar refractivity (Wildman–Crippen MR) is 178 cm³/mol. The summed E-state index contributed by atoms with van der Waals surface area (Å²) in [5.74, 6) is -0.102. The maximum atomic E-state index is 13.6. The van der Waals surface area contributed by atoms with Crippen LogP contribution in [-0.4, -0.2) is 42.8 Å². The third kappa shape index (κ3) is 8.14. The number of nitrogens with one attached hydrogen (secondary N) is 2. The van der Waals surface area contributed by atoms with Crippen LogP contribution >= 0.6 is 11.6 Å². The predicted octanol–water partition coefficient (Wildman–Crippen LogP) is 8.26. The molecular formula is C34H45ClN4O4. The molecule has 0 radical (unpaired) electrons. The van der Waals surface area contributed by atoms with Gasteiger partial charge in [-0.05, 0) is 95.0 Å². The summed E-state index contributed by atoms with van der Waals surface area (Å²) in [6, 6.07) is 14.7. The smallest absolute Gasteiger partial charge is 0.326 e. The van der Waals surface area contributed by atoms with Gasteiger partial charge in [-0.3, -0.25) is 9.69 Å². The van der Waals surface area contributed by atoms with Crippen LogP contribution in [-0.2, 0) is 4.79 Å². The summed E-state index contributed by atoms with van der Waals surface area (Å²) < 4.78 is 6.06. The summed E-state index contributed by atoms with van der Waals surface area (Å²) in [6.45, 7) is 16.0. The lowest BCUT2D eigenvalue weighted by atomic mass is 10.1. The lowest BCUT2D eigenvalue weighted by molar-refractivity contribution is -0.122. The van der Waals surface area contributed by atoms with Crippen LogP contribution in [0.25, 0.3) is 0 Å². The van der Waals surface area contributed by atoms with Crippen molar-refractivity contribution in [3.05, 3.63) is 70.2 Å². The first kappa shape index (κ1) is 33.6. The van der Waals surface area contributed by atoms with Crippen molar-refractivity contribution in [2.24, 2.45) is 0 Å². The Balaban J connectivity index is 2.01. The number of carbonyl (C=O) groups is 2. The van der Waals surface area contributed by atoms with Gasteiger partial charge in [0, 0.05) is 25.3 Å². The Labute approximate surface area is 261 Å². The summed E-state index contributed by atoms with van der Waals surface area (Å²) >= 11 is 6.62. The average molecular weight is 609 g/mol. The van der Waals surface area contributed by atoms with E-state index < -0.39 is 12.0 Å². The Bertz CT molecular complexity index is 1410. The van der Waals surface area contributed by atoms with E-state index in [1.54, 1.807) is 13.0 Å². The van der Waals surface area contributed by atoms with Crippen LogP contribution in [0.3, 0.4) is 0 Å². The van der Waals surface area contributed by atoms with E-state index in [9.17, 15) is 14.7 Å². The van der Waals surface area contributed by atoms with E-state index >= 15 is 0 Å². The second-order valence-corrected chi connectivity index (χ2v) is 11.0. The molecule has 43 heavy (non-hydrogen) atoms. The molecule has 0 aliphatic heterocycles. The number of anilines is 4. The molecule has 0 saturated carbocycles. The standard InChI is InChI=1S/C34H45ClN4O4/c1-8-12-19-36-34(42)39(26-16-14-25(15-17-26)38(10-3)11-4)28-21-27(32(40)31(35)24(28)7)37-33(41)29(9-2)43-30-18-13-22(5)20-23(30)6/h13-18,20-21,29,40H,8-12,19H2,1-7H3,(H,36,42)(H,37,41). The SMILES string of the molecule is CCCCNC(=O)N(c1ccc(N(CC)CC)cc1)c1cc(NC(=O)C(CC)Oc2ccc(C)cc2C)c(O)c(Cl)c1C. The van der Waals surface area contributed by atoms with Gasteiger partial charge in [-0.25, -0.2) is 4.79 Å². The minimum absolute atomic E-state index is 0.0438. The Kier molecular flexibility index (Phi) is 12.1. The van der Waals surface area contributed by atoms with Crippen molar-refractivity contribution in [1.29, 1.82) is 0 Å². The molecule has 3 aromatic rings. The van der Waals surface area contributed by atoms with E-state index in [1.807, 2.05) is 63.2 Å². The van der Waals surface area contributed by atoms with Crippen molar-refractivity contribution in [1.82, 2.24) is 5.32 Å². The third-order valence-corrected chi connectivity index (χ3v) is 7.93. The molecular weight excluding hydrogens is 564 g/mol. The number of hydrogen-bond donors (Lipinski definition) is 3. The topological polar surface area (TPSA) is 94.1 Å². The van der Waals surface area contributed by atoms with E-state index in [0.29, 0.717) is 35.7 Å². The van der Waals surface area contributed by atoms with E-state index in [-0.39, 0.29) is 22.5 Å². The second kappa shape index (κ2) is 15.5. The summed E-state index contributed by atoms with van der Waals surface area (Å²) in [5.41, 5.74) is 4.70. The fraction of sp³-hybridized carbons (Fsp3) is 0.412. The fourth-order valence-corrected chi connectivity index (χ4v) is 5.09. The quantitative estimate of drug-likeness (QED) is 0.134. The number of ether oxygens (including phenoxy) is 1. The van der Waals surface area contributed by atoms with Crippen molar-refractivity contribution >= 4 is 46.3 Å². The number of carbonyl (C=O) groups excluding carboxylic acids is 2. The zero-order chi connectivity index (χ0) is 31.7. The van der Waals surface area contributed by atoms with Crippen LogP contribution in [0.2, 0.25) is 5.02 Å². The molecule has 0 saturated heterocycles. The molecule has 3 N–H and O–H groups in total. The van der Waals surface area contributed by atoms with Crippen LogP contribution in [0.15, 0.2) is 48.5 Å². The highest BCUT2D eigenvalue weighted by Crippen LogP contribution is 2.43. The van der Waals surface area contributed by atoms with Gasteiger partial charge in [0.1, 0.15) is 5.75 Å². The number of phenols is 1. The molecule has 0 aliphatic rings.